The van der Waals surface area contributed by atoms with Gasteiger partial charge < -0.3 is 14.6 Å². The minimum absolute atomic E-state index is 0.0420. The lowest BCUT2D eigenvalue weighted by molar-refractivity contribution is 0.0353. The van der Waals surface area contributed by atoms with Crippen molar-refractivity contribution in [3.05, 3.63) is 65.6 Å². The van der Waals surface area contributed by atoms with Crippen molar-refractivity contribution in [2.45, 2.75) is 18.9 Å². The van der Waals surface area contributed by atoms with Gasteiger partial charge in [-0.25, -0.2) is 4.79 Å². The first kappa shape index (κ1) is 18.8. The molecule has 1 atom stereocenters. The highest BCUT2D eigenvalue weighted by Gasteiger charge is 2.30. The molecule has 3 aromatic rings. The van der Waals surface area contributed by atoms with Gasteiger partial charge in [0.1, 0.15) is 11.8 Å². The number of benzene rings is 1. The predicted molar refractivity (Wildman–Crippen MR) is 112 cm³/mol. The van der Waals surface area contributed by atoms with Gasteiger partial charge in [-0.05, 0) is 37.6 Å². The SMILES string of the molecule is O=C1OC(CCCN2CCN(C(=O)c3cc4ccncc4[nH]3)CC2)c2ccccc21. The number of carbonyl (C=O) groups is 2. The smallest absolute Gasteiger partial charge is 0.339 e. The highest BCUT2D eigenvalue weighted by molar-refractivity contribution is 5.98. The van der Waals surface area contributed by atoms with E-state index in [1.165, 1.54) is 0 Å². The van der Waals surface area contributed by atoms with Crippen LogP contribution in [0.5, 0.6) is 0 Å². The van der Waals surface area contributed by atoms with E-state index in [1.807, 2.05) is 41.3 Å². The Labute approximate surface area is 174 Å². The number of carbonyl (C=O) groups excluding carboxylic acids is 2. The summed E-state index contributed by atoms with van der Waals surface area (Å²) in [5, 5.41) is 1.00. The Morgan fingerprint density at radius 2 is 2.00 bits per heavy atom. The van der Waals surface area contributed by atoms with Crippen molar-refractivity contribution in [2.24, 2.45) is 0 Å². The Morgan fingerprint density at radius 1 is 1.17 bits per heavy atom. The van der Waals surface area contributed by atoms with E-state index in [4.69, 9.17) is 4.74 Å². The fourth-order valence-corrected chi connectivity index (χ4v) is 4.37. The monoisotopic (exact) mass is 404 g/mol. The second kappa shape index (κ2) is 7.91. The predicted octanol–water partition coefficient (Wildman–Crippen LogP) is 3.01. The van der Waals surface area contributed by atoms with Crippen molar-refractivity contribution < 1.29 is 14.3 Å². The second-order valence-electron chi connectivity index (χ2n) is 7.90. The molecule has 4 heterocycles. The molecule has 5 rings (SSSR count). The Morgan fingerprint density at radius 3 is 2.83 bits per heavy atom. The average Bonchev–Trinajstić information content (AvgIpc) is 3.35. The molecule has 2 aliphatic heterocycles. The van der Waals surface area contributed by atoms with Crippen molar-refractivity contribution in [3.8, 4) is 0 Å². The van der Waals surface area contributed by atoms with Crippen molar-refractivity contribution in [1.29, 1.82) is 0 Å². The van der Waals surface area contributed by atoms with Crippen LogP contribution in [0.1, 0.15) is 45.4 Å². The van der Waals surface area contributed by atoms with Gasteiger partial charge >= 0.3 is 5.97 Å². The van der Waals surface area contributed by atoms with E-state index in [2.05, 4.69) is 14.9 Å². The Balaban J connectivity index is 1.11. The number of H-pyrrole nitrogens is 1. The van der Waals surface area contributed by atoms with Gasteiger partial charge in [-0.2, -0.15) is 0 Å². The lowest BCUT2D eigenvalue weighted by Crippen LogP contribution is -2.48. The van der Waals surface area contributed by atoms with Gasteiger partial charge in [-0.1, -0.05) is 18.2 Å². The summed E-state index contributed by atoms with van der Waals surface area (Å²) in [6, 6.07) is 11.4. The molecule has 1 fully saturated rings. The van der Waals surface area contributed by atoms with E-state index in [0.717, 1.165) is 48.9 Å². The maximum atomic E-state index is 12.8. The van der Waals surface area contributed by atoms with E-state index in [9.17, 15) is 9.59 Å². The van der Waals surface area contributed by atoms with Crippen molar-refractivity contribution >= 4 is 22.8 Å². The molecule has 7 nitrogen and oxygen atoms in total. The second-order valence-corrected chi connectivity index (χ2v) is 7.90. The van der Waals surface area contributed by atoms with E-state index in [-0.39, 0.29) is 18.0 Å². The number of nitrogens with zero attached hydrogens (tertiary/aromatic N) is 3. The Hall–Kier alpha value is -3.19. The van der Waals surface area contributed by atoms with Crippen molar-refractivity contribution in [2.75, 3.05) is 32.7 Å². The maximum Gasteiger partial charge on any atom is 0.339 e. The molecule has 1 unspecified atom stereocenters. The number of nitrogens with one attached hydrogen (secondary N) is 1. The minimum Gasteiger partial charge on any atom is -0.454 e. The number of fused-ring (bicyclic) bond motifs is 2. The topological polar surface area (TPSA) is 78.5 Å². The number of aromatic amines is 1. The van der Waals surface area contributed by atoms with Gasteiger partial charge in [0.15, 0.2) is 0 Å². The molecule has 0 radical (unpaired) electrons. The van der Waals surface area contributed by atoms with Gasteiger partial charge in [-0.15, -0.1) is 0 Å². The zero-order valence-electron chi connectivity index (χ0n) is 16.7. The van der Waals surface area contributed by atoms with Gasteiger partial charge in [0.05, 0.1) is 17.3 Å². The van der Waals surface area contributed by atoms with Crippen LogP contribution in [0.4, 0.5) is 0 Å². The number of hydrogen-bond donors (Lipinski definition) is 1. The Kier molecular flexibility index (Phi) is 4.96. The van der Waals surface area contributed by atoms with Crippen molar-refractivity contribution in [1.82, 2.24) is 19.8 Å². The molecule has 1 aromatic carbocycles. The van der Waals surface area contributed by atoms with Gasteiger partial charge in [0.2, 0.25) is 0 Å². The number of rotatable bonds is 5. The molecule has 1 N–H and O–H groups in total. The molecular weight excluding hydrogens is 380 g/mol. The van der Waals surface area contributed by atoms with Gasteiger partial charge in [0, 0.05) is 43.3 Å². The summed E-state index contributed by atoms with van der Waals surface area (Å²) in [5.41, 5.74) is 3.20. The summed E-state index contributed by atoms with van der Waals surface area (Å²) in [4.78, 5) is 36.3. The van der Waals surface area contributed by atoms with Crippen LogP contribution in [0, 0.1) is 0 Å². The number of esters is 1. The van der Waals surface area contributed by atoms with E-state index in [1.54, 1.807) is 12.4 Å². The molecule has 154 valence electrons. The molecule has 2 aliphatic rings. The Bertz CT molecular complexity index is 1050. The molecule has 0 saturated carbocycles. The van der Waals surface area contributed by atoms with Crippen LogP contribution in [-0.2, 0) is 4.74 Å². The summed E-state index contributed by atoms with van der Waals surface area (Å²) >= 11 is 0. The zero-order valence-corrected chi connectivity index (χ0v) is 16.7. The van der Waals surface area contributed by atoms with E-state index >= 15 is 0 Å². The highest BCUT2D eigenvalue weighted by atomic mass is 16.5. The molecule has 0 aliphatic carbocycles. The fraction of sp³-hybridized carbons (Fsp3) is 0.348. The first-order valence-electron chi connectivity index (χ1n) is 10.4. The zero-order chi connectivity index (χ0) is 20.5. The summed E-state index contributed by atoms with van der Waals surface area (Å²) in [6.45, 7) is 4.08. The van der Waals surface area contributed by atoms with E-state index in [0.29, 0.717) is 24.3 Å². The normalized spacial score (nSPS) is 19.1. The first-order chi connectivity index (χ1) is 14.7. The molecular formula is C23H24N4O3. The van der Waals surface area contributed by atoms with Crippen LogP contribution in [0.3, 0.4) is 0 Å². The van der Waals surface area contributed by atoms with Crippen LogP contribution < -0.4 is 0 Å². The summed E-state index contributed by atoms with van der Waals surface area (Å²) in [7, 11) is 0. The third-order valence-electron chi connectivity index (χ3n) is 6.03. The van der Waals surface area contributed by atoms with Crippen LogP contribution in [0.25, 0.3) is 10.9 Å². The van der Waals surface area contributed by atoms with Crippen LogP contribution in [0.2, 0.25) is 0 Å². The third-order valence-corrected chi connectivity index (χ3v) is 6.03. The number of amides is 1. The van der Waals surface area contributed by atoms with Crippen molar-refractivity contribution in [3.63, 3.8) is 0 Å². The lowest BCUT2D eigenvalue weighted by atomic mass is 10.0. The number of ether oxygens (including phenoxy) is 1. The number of hydrogen-bond acceptors (Lipinski definition) is 5. The molecule has 1 amide bonds. The fourth-order valence-electron chi connectivity index (χ4n) is 4.37. The average molecular weight is 404 g/mol. The standard InChI is InChI=1S/C23H24N4O3/c28-22(19-14-16-7-8-24-15-20(16)25-19)27-12-10-26(11-13-27)9-3-6-21-17-4-1-2-5-18(17)23(29)30-21/h1-2,4-5,7-8,14-15,21,25H,3,6,9-13H2. The number of pyridine rings is 1. The summed E-state index contributed by atoms with van der Waals surface area (Å²) in [5.74, 6) is -0.171. The lowest BCUT2D eigenvalue weighted by Gasteiger charge is -2.34. The quantitative estimate of drug-likeness (QED) is 0.662. The number of cyclic esters (lactones) is 1. The van der Waals surface area contributed by atoms with Crippen LogP contribution in [-0.4, -0.2) is 64.4 Å². The molecule has 30 heavy (non-hydrogen) atoms. The van der Waals surface area contributed by atoms with Crippen LogP contribution in [0.15, 0.2) is 48.8 Å². The first-order valence-corrected chi connectivity index (χ1v) is 10.4. The number of piperazine rings is 1. The van der Waals surface area contributed by atoms with Gasteiger partial charge in [0.25, 0.3) is 5.91 Å². The molecule has 0 bridgehead atoms. The van der Waals surface area contributed by atoms with E-state index < -0.39 is 0 Å². The van der Waals surface area contributed by atoms with Crippen LogP contribution >= 0.6 is 0 Å². The van der Waals surface area contributed by atoms with Gasteiger partial charge in [-0.3, -0.25) is 14.7 Å². The summed E-state index contributed by atoms with van der Waals surface area (Å²) in [6.07, 6.45) is 5.12. The summed E-state index contributed by atoms with van der Waals surface area (Å²) < 4.78 is 5.53. The minimum atomic E-state index is -0.213. The molecule has 0 spiro atoms. The molecule has 7 heteroatoms. The maximum absolute atomic E-state index is 12.8. The molecule has 2 aromatic heterocycles. The molecule has 1 saturated heterocycles. The highest BCUT2D eigenvalue weighted by Crippen LogP contribution is 2.33. The number of aromatic nitrogens is 2. The third kappa shape index (κ3) is 3.57. The largest absolute Gasteiger partial charge is 0.454 e.